The highest BCUT2D eigenvalue weighted by Crippen LogP contribution is 2.30. The number of piperidine rings is 2. The Morgan fingerprint density at radius 1 is 0.743 bits per heavy atom. The van der Waals surface area contributed by atoms with Crippen molar-refractivity contribution in [3.05, 3.63) is 0 Å². The Hall–Kier alpha value is -2.54. The van der Waals surface area contributed by atoms with E-state index in [1.54, 1.807) is 6.92 Å². The van der Waals surface area contributed by atoms with Gasteiger partial charge in [-0.15, -0.1) is 0 Å². The van der Waals surface area contributed by atoms with Crippen molar-refractivity contribution < 1.29 is 55.0 Å². The number of amides is 2. The summed E-state index contributed by atoms with van der Waals surface area (Å²) in [5.41, 5.74) is 0. The SMILES string of the molecule is CC[C@@H]1CC[C@@H](C(=O)OC)N(C(=O)C(F)(F)F)C1.COC(=O)[C@@H]1CC[C@H](C)CN1C(=O)C(F)(F)F. The number of hydrogen-bond acceptors (Lipinski definition) is 6. The van der Waals surface area contributed by atoms with Crippen molar-refractivity contribution in [1.29, 1.82) is 0 Å². The minimum absolute atomic E-state index is 0.00259. The predicted molar refractivity (Wildman–Crippen MR) is 109 cm³/mol. The number of methoxy groups -OCH3 is 2. The van der Waals surface area contributed by atoms with E-state index in [1.807, 2.05) is 6.92 Å². The summed E-state index contributed by atoms with van der Waals surface area (Å²) in [7, 11) is 2.20. The molecule has 0 aromatic heterocycles. The molecule has 0 saturated carbocycles. The first-order chi connectivity index (χ1) is 16.1. The largest absolute Gasteiger partial charge is 0.471 e. The summed E-state index contributed by atoms with van der Waals surface area (Å²) in [4.78, 5) is 46.4. The lowest BCUT2D eigenvalue weighted by Gasteiger charge is -2.38. The van der Waals surface area contributed by atoms with Crippen LogP contribution in [0.1, 0.15) is 46.0 Å². The molecular formula is C21H30F6N2O6. The smallest absolute Gasteiger partial charge is 0.467 e. The van der Waals surface area contributed by atoms with E-state index in [1.165, 1.54) is 0 Å². The van der Waals surface area contributed by atoms with Gasteiger partial charge in [0.1, 0.15) is 12.1 Å². The van der Waals surface area contributed by atoms with Crippen LogP contribution in [0.3, 0.4) is 0 Å². The number of carbonyl (C=O) groups excluding carboxylic acids is 4. The van der Waals surface area contributed by atoms with E-state index in [2.05, 4.69) is 9.47 Å². The molecule has 8 nitrogen and oxygen atoms in total. The first-order valence-corrected chi connectivity index (χ1v) is 11.0. The number of rotatable bonds is 3. The molecule has 0 spiro atoms. The number of likely N-dealkylation sites (tertiary alicyclic amines) is 2. The fourth-order valence-corrected chi connectivity index (χ4v) is 4.07. The van der Waals surface area contributed by atoms with Crippen LogP contribution in [0.25, 0.3) is 0 Å². The molecule has 2 saturated heterocycles. The molecule has 0 unspecified atom stereocenters. The molecule has 2 aliphatic rings. The number of nitrogens with zero attached hydrogens (tertiary/aromatic N) is 2. The van der Waals surface area contributed by atoms with Crippen molar-refractivity contribution in [2.45, 2.75) is 70.4 Å². The molecule has 2 fully saturated rings. The van der Waals surface area contributed by atoms with E-state index in [0.717, 1.165) is 14.2 Å². The normalized spacial score (nSPS) is 25.2. The minimum atomic E-state index is -4.96. The number of ether oxygens (including phenoxy) is 2. The van der Waals surface area contributed by atoms with Crippen LogP contribution in [0.5, 0.6) is 0 Å². The summed E-state index contributed by atoms with van der Waals surface area (Å²) in [5, 5.41) is 0. The minimum Gasteiger partial charge on any atom is -0.467 e. The van der Waals surface area contributed by atoms with E-state index >= 15 is 0 Å². The second-order valence-corrected chi connectivity index (χ2v) is 8.52. The van der Waals surface area contributed by atoms with Gasteiger partial charge in [-0.25, -0.2) is 9.59 Å². The number of esters is 2. The van der Waals surface area contributed by atoms with Gasteiger partial charge in [0.15, 0.2) is 0 Å². The third-order valence-corrected chi connectivity index (χ3v) is 6.03. The molecule has 2 amide bonds. The van der Waals surface area contributed by atoms with Crippen LogP contribution in [0, 0.1) is 11.8 Å². The first kappa shape index (κ1) is 30.5. The number of carbonyl (C=O) groups is 4. The van der Waals surface area contributed by atoms with Gasteiger partial charge in [-0.3, -0.25) is 9.59 Å². The van der Waals surface area contributed by atoms with E-state index in [0.29, 0.717) is 29.1 Å². The molecule has 35 heavy (non-hydrogen) atoms. The average molecular weight is 520 g/mol. The standard InChI is InChI=1S/C11H16F3NO3.C10H14F3NO3/c1-3-7-4-5-8(9(16)18-2)15(6-7)10(17)11(12,13)14;1-6-3-4-7(8(15)17-2)14(5-6)9(16)10(11,12)13/h7-8H,3-6H2,1-2H3;6-7H,3-5H2,1-2H3/t7-,8+;6-,7-/m10/s1. The van der Waals surface area contributed by atoms with Crippen LogP contribution in [0.4, 0.5) is 26.3 Å². The first-order valence-electron chi connectivity index (χ1n) is 11.0. The Balaban J connectivity index is 0.000000351. The van der Waals surface area contributed by atoms with Crippen LogP contribution in [-0.2, 0) is 28.7 Å². The van der Waals surface area contributed by atoms with Crippen molar-refractivity contribution >= 4 is 23.8 Å². The third-order valence-electron chi connectivity index (χ3n) is 6.03. The molecule has 0 aromatic rings. The van der Waals surface area contributed by atoms with Gasteiger partial charge in [-0.1, -0.05) is 20.3 Å². The molecule has 14 heteroatoms. The monoisotopic (exact) mass is 520 g/mol. The van der Waals surface area contributed by atoms with Crippen LogP contribution >= 0.6 is 0 Å². The van der Waals surface area contributed by atoms with Gasteiger partial charge in [0.25, 0.3) is 0 Å². The Labute approximate surface area is 198 Å². The van der Waals surface area contributed by atoms with Crippen molar-refractivity contribution in [2.75, 3.05) is 27.3 Å². The van der Waals surface area contributed by atoms with Crippen molar-refractivity contribution in [1.82, 2.24) is 9.80 Å². The van der Waals surface area contributed by atoms with Crippen LogP contribution in [0.2, 0.25) is 0 Å². The van der Waals surface area contributed by atoms with Gasteiger partial charge in [0.05, 0.1) is 14.2 Å². The molecular weight excluding hydrogens is 490 g/mol. The van der Waals surface area contributed by atoms with Gasteiger partial charge in [0.2, 0.25) is 0 Å². The highest BCUT2D eigenvalue weighted by molar-refractivity contribution is 5.88. The lowest BCUT2D eigenvalue weighted by molar-refractivity contribution is -0.192. The highest BCUT2D eigenvalue weighted by atomic mass is 19.4. The summed E-state index contributed by atoms with van der Waals surface area (Å²) >= 11 is 0. The quantitative estimate of drug-likeness (QED) is 0.420. The van der Waals surface area contributed by atoms with Gasteiger partial charge >= 0.3 is 36.1 Å². The molecule has 4 atom stereocenters. The highest BCUT2D eigenvalue weighted by Gasteiger charge is 2.49. The summed E-state index contributed by atoms with van der Waals surface area (Å²) in [6.07, 6.45) is -7.59. The van der Waals surface area contributed by atoms with E-state index in [4.69, 9.17) is 0 Å². The topological polar surface area (TPSA) is 93.2 Å². The summed E-state index contributed by atoms with van der Waals surface area (Å²) < 4.78 is 83.3. The van der Waals surface area contributed by atoms with Crippen LogP contribution in [-0.4, -0.2) is 85.3 Å². The molecule has 0 bridgehead atoms. The zero-order chi connectivity index (χ0) is 27.1. The molecule has 0 aliphatic carbocycles. The zero-order valence-electron chi connectivity index (χ0n) is 19.9. The molecule has 2 aliphatic heterocycles. The van der Waals surface area contributed by atoms with E-state index in [-0.39, 0.29) is 37.8 Å². The zero-order valence-corrected chi connectivity index (χ0v) is 19.9. The Bertz CT molecular complexity index is 772. The maximum atomic E-state index is 12.5. The van der Waals surface area contributed by atoms with Crippen molar-refractivity contribution in [3.8, 4) is 0 Å². The Morgan fingerprint density at radius 3 is 1.51 bits per heavy atom. The Morgan fingerprint density at radius 2 is 1.14 bits per heavy atom. The second-order valence-electron chi connectivity index (χ2n) is 8.52. The molecule has 0 aromatic carbocycles. The molecule has 2 rings (SSSR count). The van der Waals surface area contributed by atoms with Gasteiger partial charge in [0, 0.05) is 13.1 Å². The summed E-state index contributed by atoms with van der Waals surface area (Å²) in [5.74, 6) is -5.58. The lowest BCUT2D eigenvalue weighted by Crippen LogP contribution is -2.54. The molecule has 0 N–H and O–H groups in total. The van der Waals surface area contributed by atoms with Crippen molar-refractivity contribution in [3.63, 3.8) is 0 Å². The number of alkyl halides is 6. The molecule has 0 radical (unpaired) electrons. The van der Waals surface area contributed by atoms with Gasteiger partial charge < -0.3 is 19.3 Å². The number of halogens is 6. The summed E-state index contributed by atoms with van der Waals surface area (Å²) in [6, 6.07) is -2.24. The third kappa shape index (κ3) is 8.27. The lowest BCUT2D eigenvalue weighted by atomic mass is 9.90. The van der Waals surface area contributed by atoms with Crippen LogP contribution < -0.4 is 0 Å². The average Bonchev–Trinajstić information content (AvgIpc) is 2.80. The predicted octanol–water partition coefficient (Wildman–Crippen LogP) is 3.09. The molecule has 202 valence electrons. The maximum absolute atomic E-state index is 12.5. The fraction of sp³-hybridized carbons (Fsp3) is 0.810. The van der Waals surface area contributed by atoms with Crippen molar-refractivity contribution in [2.24, 2.45) is 11.8 Å². The number of hydrogen-bond donors (Lipinski definition) is 0. The summed E-state index contributed by atoms with van der Waals surface area (Å²) in [6.45, 7) is 3.47. The second kappa shape index (κ2) is 12.4. The van der Waals surface area contributed by atoms with Gasteiger partial charge in [-0.05, 0) is 37.5 Å². The van der Waals surface area contributed by atoms with E-state index in [9.17, 15) is 45.5 Å². The van der Waals surface area contributed by atoms with E-state index < -0.39 is 48.2 Å². The fourth-order valence-electron chi connectivity index (χ4n) is 4.07. The Kier molecular flexibility index (Phi) is 10.8. The van der Waals surface area contributed by atoms with Crippen LogP contribution in [0.15, 0.2) is 0 Å². The molecule has 2 heterocycles. The maximum Gasteiger partial charge on any atom is 0.471 e. The van der Waals surface area contributed by atoms with Gasteiger partial charge in [-0.2, -0.15) is 26.3 Å².